The van der Waals surface area contributed by atoms with Crippen molar-refractivity contribution in [3.63, 3.8) is 0 Å². The molecule has 0 aliphatic rings. The van der Waals surface area contributed by atoms with Gasteiger partial charge in [-0.2, -0.15) is 5.26 Å². The zero-order chi connectivity index (χ0) is 24.9. The van der Waals surface area contributed by atoms with Crippen LogP contribution in [-0.2, 0) is 11.4 Å². The fourth-order valence-corrected chi connectivity index (χ4v) is 3.88. The van der Waals surface area contributed by atoms with Crippen LogP contribution in [0.15, 0.2) is 58.2 Å². The van der Waals surface area contributed by atoms with Crippen molar-refractivity contribution in [1.29, 1.82) is 5.26 Å². The van der Waals surface area contributed by atoms with Gasteiger partial charge in [-0.3, -0.25) is 9.36 Å². The summed E-state index contributed by atoms with van der Waals surface area (Å²) in [6.07, 6.45) is 0. The number of hydrogen-bond acceptors (Lipinski definition) is 7. The van der Waals surface area contributed by atoms with Crippen LogP contribution < -0.4 is 10.1 Å². The van der Waals surface area contributed by atoms with Crippen LogP contribution in [0, 0.1) is 36.8 Å². The van der Waals surface area contributed by atoms with Gasteiger partial charge in [-0.15, -0.1) is 10.2 Å². The number of amides is 1. The lowest BCUT2D eigenvalue weighted by atomic mass is 10.2. The molecule has 0 saturated heterocycles. The maximum atomic E-state index is 13.4. The fourth-order valence-electron chi connectivity index (χ4n) is 3.30. The molecule has 2 aromatic carbocycles. The molecule has 0 unspecified atom stereocenters. The molecule has 0 fully saturated rings. The Labute approximate surface area is 203 Å². The van der Waals surface area contributed by atoms with E-state index < -0.39 is 5.91 Å². The summed E-state index contributed by atoms with van der Waals surface area (Å²) in [6.45, 7) is 3.59. The van der Waals surface area contributed by atoms with E-state index in [9.17, 15) is 18.8 Å². The molecule has 35 heavy (non-hydrogen) atoms. The topological polar surface area (TPSA) is 106 Å². The lowest BCUT2D eigenvalue weighted by molar-refractivity contribution is -0.113. The van der Waals surface area contributed by atoms with E-state index in [1.807, 2.05) is 6.92 Å². The summed E-state index contributed by atoms with van der Waals surface area (Å²) in [5.41, 5.74) is 2.39. The highest BCUT2D eigenvalue weighted by Gasteiger charge is 2.21. The number of anilines is 1. The zero-order valence-electron chi connectivity index (χ0n) is 18.7. The molecule has 1 amide bonds. The SMILES string of the molecule is Cc1c(C#N)c(NC(=O)CSc2nnc(COc3ccc(F)cc3)o2)n(-c2ccc(F)cc2)c1C. The predicted octanol–water partition coefficient (Wildman–Crippen LogP) is 4.94. The first-order valence-corrected chi connectivity index (χ1v) is 11.4. The third-order valence-corrected chi connectivity index (χ3v) is 5.94. The summed E-state index contributed by atoms with van der Waals surface area (Å²) >= 11 is 1.02. The van der Waals surface area contributed by atoms with Crippen LogP contribution in [0.5, 0.6) is 5.75 Å². The van der Waals surface area contributed by atoms with Crippen LogP contribution >= 0.6 is 11.8 Å². The van der Waals surface area contributed by atoms with E-state index in [1.54, 1.807) is 23.6 Å². The summed E-state index contributed by atoms with van der Waals surface area (Å²) in [7, 11) is 0. The Hall–Kier alpha value is -4.17. The highest BCUT2D eigenvalue weighted by atomic mass is 32.2. The van der Waals surface area contributed by atoms with Crippen molar-refractivity contribution in [2.45, 2.75) is 25.7 Å². The monoisotopic (exact) mass is 495 g/mol. The van der Waals surface area contributed by atoms with Crippen molar-refractivity contribution in [2.24, 2.45) is 0 Å². The molecule has 0 saturated carbocycles. The molecule has 8 nitrogen and oxygen atoms in total. The number of ether oxygens (including phenoxy) is 1. The van der Waals surface area contributed by atoms with Crippen LogP contribution in [0.1, 0.15) is 22.7 Å². The molecule has 2 heterocycles. The molecule has 178 valence electrons. The average Bonchev–Trinajstić information content (AvgIpc) is 3.40. The minimum Gasteiger partial charge on any atom is -0.484 e. The lowest BCUT2D eigenvalue weighted by Gasteiger charge is -2.13. The Balaban J connectivity index is 1.41. The summed E-state index contributed by atoms with van der Waals surface area (Å²) in [6, 6.07) is 13.4. The Morgan fingerprint density at radius 2 is 1.77 bits per heavy atom. The van der Waals surface area contributed by atoms with Gasteiger partial charge < -0.3 is 14.5 Å². The number of carbonyl (C=O) groups is 1. The number of nitriles is 1. The quantitative estimate of drug-likeness (QED) is 0.345. The number of benzene rings is 2. The van der Waals surface area contributed by atoms with Gasteiger partial charge in [-0.05, 0) is 67.9 Å². The first kappa shape index (κ1) is 24.0. The zero-order valence-corrected chi connectivity index (χ0v) is 19.5. The van der Waals surface area contributed by atoms with Gasteiger partial charge in [0.1, 0.15) is 29.3 Å². The highest BCUT2D eigenvalue weighted by molar-refractivity contribution is 7.99. The molecule has 0 bridgehead atoms. The van der Waals surface area contributed by atoms with E-state index in [4.69, 9.17) is 9.15 Å². The number of nitrogens with one attached hydrogen (secondary N) is 1. The van der Waals surface area contributed by atoms with E-state index in [0.717, 1.165) is 17.5 Å². The van der Waals surface area contributed by atoms with Crippen molar-refractivity contribution in [3.05, 3.63) is 82.9 Å². The van der Waals surface area contributed by atoms with Gasteiger partial charge in [0, 0.05) is 11.4 Å². The van der Waals surface area contributed by atoms with Gasteiger partial charge in [0.05, 0.1) is 11.3 Å². The summed E-state index contributed by atoms with van der Waals surface area (Å²) < 4.78 is 39.0. The van der Waals surface area contributed by atoms with Gasteiger partial charge in [0.15, 0.2) is 6.61 Å². The largest absolute Gasteiger partial charge is 0.484 e. The number of rotatable bonds is 8. The maximum Gasteiger partial charge on any atom is 0.277 e. The minimum atomic E-state index is -0.394. The second-order valence-corrected chi connectivity index (χ2v) is 8.33. The lowest BCUT2D eigenvalue weighted by Crippen LogP contribution is -2.17. The van der Waals surface area contributed by atoms with Gasteiger partial charge in [-0.1, -0.05) is 11.8 Å². The fraction of sp³-hybridized carbons (Fsp3) is 0.167. The Bertz CT molecular complexity index is 1390. The Kier molecular flexibility index (Phi) is 7.12. The molecular formula is C24H19F2N5O3S. The van der Waals surface area contributed by atoms with Crippen molar-refractivity contribution in [1.82, 2.24) is 14.8 Å². The predicted molar refractivity (Wildman–Crippen MR) is 124 cm³/mol. The van der Waals surface area contributed by atoms with Crippen molar-refractivity contribution < 1.29 is 22.7 Å². The van der Waals surface area contributed by atoms with Crippen LogP contribution in [0.4, 0.5) is 14.6 Å². The summed E-state index contributed by atoms with van der Waals surface area (Å²) in [5.74, 6) is -0.267. The van der Waals surface area contributed by atoms with Crippen LogP contribution in [0.25, 0.3) is 5.69 Å². The Morgan fingerprint density at radius 1 is 1.11 bits per heavy atom. The number of carbonyl (C=O) groups excluding carboxylic acids is 1. The molecule has 0 aliphatic carbocycles. The standard InChI is InChI=1S/C24H19F2N5O3S/c1-14-15(2)31(18-7-3-16(25)4-8-18)23(20(14)11-27)28-21(32)13-35-24-30-29-22(34-24)12-33-19-9-5-17(26)6-10-19/h3-10H,12-13H2,1-2H3,(H,28,32). The normalized spacial score (nSPS) is 10.7. The van der Waals surface area contributed by atoms with Crippen molar-refractivity contribution in [3.8, 4) is 17.5 Å². The molecular weight excluding hydrogens is 476 g/mol. The molecule has 0 spiro atoms. The van der Waals surface area contributed by atoms with Gasteiger partial charge in [0.25, 0.3) is 11.1 Å². The van der Waals surface area contributed by atoms with Gasteiger partial charge in [-0.25, -0.2) is 8.78 Å². The molecule has 11 heteroatoms. The third kappa shape index (κ3) is 5.50. The van der Waals surface area contributed by atoms with E-state index >= 15 is 0 Å². The molecule has 4 rings (SSSR count). The molecule has 2 aromatic heterocycles. The van der Waals surface area contributed by atoms with E-state index in [2.05, 4.69) is 21.6 Å². The van der Waals surface area contributed by atoms with Crippen molar-refractivity contribution in [2.75, 3.05) is 11.1 Å². The second kappa shape index (κ2) is 10.4. The summed E-state index contributed by atoms with van der Waals surface area (Å²) in [4.78, 5) is 12.7. The average molecular weight is 496 g/mol. The number of aromatic nitrogens is 3. The van der Waals surface area contributed by atoms with Gasteiger partial charge in [0.2, 0.25) is 5.91 Å². The second-order valence-electron chi connectivity index (χ2n) is 7.40. The first-order valence-electron chi connectivity index (χ1n) is 10.4. The van der Waals surface area contributed by atoms with Crippen LogP contribution in [-0.4, -0.2) is 26.4 Å². The molecule has 1 N–H and O–H groups in total. The van der Waals surface area contributed by atoms with E-state index in [1.165, 1.54) is 36.4 Å². The Morgan fingerprint density at radius 3 is 2.43 bits per heavy atom. The van der Waals surface area contributed by atoms with Crippen LogP contribution in [0.2, 0.25) is 0 Å². The third-order valence-electron chi connectivity index (χ3n) is 5.12. The minimum absolute atomic E-state index is 0.0132. The van der Waals surface area contributed by atoms with Gasteiger partial charge >= 0.3 is 0 Å². The van der Waals surface area contributed by atoms with Crippen LogP contribution in [0.3, 0.4) is 0 Å². The molecule has 0 atom stereocenters. The maximum absolute atomic E-state index is 13.4. The smallest absolute Gasteiger partial charge is 0.277 e. The molecule has 4 aromatic rings. The number of hydrogen-bond donors (Lipinski definition) is 1. The molecule has 0 radical (unpaired) electrons. The molecule has 0 aliphatic heterocycles. The summed E-state index contributed by atoms with van der Waals surface area (Å²) in [5, 5.41) is 20.3. The van der Waals surface area contributed by atoms with E-state index in [0.29, 0.717) is 28.4 Å². The number of nitrogens with zero attached hydrogens (tertiary/aromatic N) is 4. The number of thioether (sulfide) groups is 1. The van der Waals surface area contributed by atoms with Crippen molar-refractivity contribution >= 4 is 23.5 Å². The van der Waals surface area contributed by atoms with E-state index in [-0.39, 0.29) is 35.1 Å². The number of halogens is 2. The highest BCUT2D eigenvalue weighted by Crippen LogP contribution is 2.30. The first-order chi connectivity index (χ1) is 16.9.